The molecule has 0 heterocycles. The Morgan fingerprint density at radius 3 is 2.93 bits per heavy atom. The van der Waals surface area contributed by atoms with Gasteiger partial charge in [0, 0.05) is 13.2 Å². The van der Waals surface area contributed by atoms with Crippen LogP contribution in [0.2, 0.25) is 0 Å². The Morgan fingerprint density at radius 2 is 2.20 bits per heavy atom. The van der Waals surface area contributed by atoms with Crippen LogP contribution in [0, 0.1) is 0 Å². The average Bonchev–Trinajstić information content (AvgIpc) is 2.34. The number of hydrogen-bond donors (Lipinski definition) is 1. The van der Waals surface area contributed by atoms with Gasteiger partial charge in [-0.1, -0.05) is 36.8 Å². The standard InChI is InChI=1S/C13H17NO/c1-14-13(10-6-5-9-12(13)15)11-7-3-2-4-8-11/h2-4,7-8,14H,5-6,9-10H2,1H3/t13-/m1/s1/i1D3,9D2. The summed E-state index contributed by atoms with van der Waals surface area (Å²) < 4.78 is 37.9. The summed E-state index contributed by atoms with van der Waals surface area (Å²) in [7, 11) is 0. The summed E-state index contributed by atoms with van der Waals surface area (Å²) in [6.07, 6.45) is -1.14. The molecule has 1 fully saturated rings. The Kier molecular flexibility index (Phi) is 1.61. The zero-order chi connectivity index (χ0) is 15.0. The highest BCUT2D eigenvalue weighted by Gasteiger charge is 2.39. The van der Waals surface area contributed by atoms with Gasteiger partial charge in [-0.3, -0.25) is 4.79 Å². The minimum Gasteiger partial charge on any atom is -0.304 e. The maximum Gasteiger partial charge on any atom is 0.157 e. The second-order valence-electron chi connectivity index (χ2n) is 3.76. The third kappa shape index (κ3) is 1.70. The highest BCUT2D eigenvalue weighted by atomic mass is 16.1. The Labute approximate surface area is 97.7 Å². The number of carbonyl (C=O) groups is 1. The van der Waals surface area contributed by atoms with Crippen LogP contribution in [-0.4, -0.2) is 12.8 Å². The van der Waals surface area contributed by atoms with E-state index in [1.54, 1.807) is 30.3 Å². The minimum absolute atomic E-state index is 0.128. The van der Waals surface area contributed by atoms with Crippen LogP contribution in [0.1, 0.15) is 38.1 Å². The second-order valence-corrected chi connectivity index (χ2v) is 3.76. The summed E-state index contributed by atoms with van der Waals surface area (Å²) >= 11 is 0. The molecule has 0 unspecified atom stereocenters. The number of carbonyl (C=O) groups excluding carboxylic acids is 1. The lowest BCUT2D eigenvalue weighted by Crippen LogP contribution is -2.49. The molecule has 1 aromatic rings. The molecule has 0 aliphatic heterocycles. The summed E-state index contributed by atoms with van der Waals surface area (Å²) in [6.45, 7) is -2.51. The van der Waals surface area contributed by atoms with E-state index in [2.05, 4.69) is 5.32 Å². The lowest BCUT2D eigenvalue weighted by atomic mass is 9.76. The number of likely N-dealkylation sites (N-methyl/N-ethyl adjacent to an activating group) is 1. The van der Waals surface area contributed by atoms with Gasteiger partial charge < -0.3 is 5.32 Å². The van der Waals surface area contributed by atoms with E-state index in [9.17, 15) is 4.79 Å². The second kappa shape index (κ2) is 4.15. The lowest BCUT2D eigenvalue weighted by Gasteiger charge is -2.36. The summed E-state index contributed by atoms with van der Waals surface area (Å²) in [6, 6.07) is 8.54. The minimum atomic E-state index is -2.51. The van der Waals surface area contributed by atoms with Gasteiger partial charge in [-0.25, -0.2) is 0 Å². The molecule has 1 N–H and O–H groups in total. The first kappa shape index (κ1) is 5.80. The molecule has 1 aliphatic rings. The molecular formula is C13H17NO. The Hall–Kier alpha value is -1.15. The molecule has 1 aliphatic carbocycles. The van der Waals surface area contributed by atoms with Crippen molar-refractivity contribution in [2.75, 3.05) is 6.98 Å². The summed E-state index contributed by atoms with van der Waals surface area (Å²) in [4.78, 5) is 12.6. The van der Waals surface area contributed by atoms with Crippen LogP contribution in [0.4, 0.5) is 0 Å². The van der Waals surface area contributed by atoms with Crippen molar-refractivity contribution in [1.29, 1.82) is 0 Å². The molecule has 1 aromatic carbocycles. The quantitative estimate of drug-likeness (QED) is 0.807. The molecule has 15 heavy (non-hydrogen) atoms. The Morgan fingerprint density at radius 1 is 1.40 bits per heavy atom. The molecule has 1 atom stereocenters. The van der Waals surface area contributed by atoms with Crippen LogP contribution in [-0.2, 0) is 10.3 Å². The van der Waals surface area contributed by atoms with E-state index in [0.717, 1.165) is 0 Å². The van der Waals surface area contributed by atoms with Gasteiger partial charge in [-0.2, -0.15) is 0 Å². The van der Waals surface area contributed by atoms with Gasteiger partial charge in [0.1, 0.15) is 5.54 Å². The fourth-order valence-corrected chi connectivity index (χ4v) is 2.01. The fraction of sp³-hybridized carbons (Fsp3) is 0.462. The van der Waals surface area contributed by atoms with Crippen molar-refractivity contribution in [3.63, 3.8) is 0 Å². The first-order valence-corrected chi connectivity index (χ1v) is 5.07. The normalized spacial score (nSPS) is 35.7. The van der Waals surface area contributed by atoms with E-state index in [-0.39, 0.29) is 12.8 Å². The van der Waals surface area contributed by atoms with E-state index in [1.807, 2.05) is 0 Å². The number of nitrogens with one attached hydrogen (secondary N) is 1. The van der Waals surface area contributed by atoms with Crippen molar-refractivity contribution in [3.05, 3.63) is 35.9 Å². The van der Waals surface area contributed by atoms with Gasteiger partial charge in [0.25, 0.3) is 0 Å². The topological polar surface area (TPSA) is 29.1 Å². The van der Waals surface area contributed by atoms with Gasteiger partial charge in [-0.15, -0.1) is 0 Å². The van der Waals surface area contributed by atoms with Crippen molar-refractivity contribution in [1.82, 2.24) is 5.32 Å². The highest BCUT2D eigenvalue weighted by molar-refractivity contribution is 5.90. The van der Waals surface area contributed by atoms with Crippen LogP contribution in [0.15, 0.2) is 30.3 Å². The van der Waals surface area contributed by atoms with E-state index < -0.39 is 24.7 Å². The van der Waals surface area contributed by atoms with Gasteiger partial charge in [0.2, 0.25) is 0 Å². The van der Waals surface area contributed by atoms with Gasteiger partial charge in [0.05, 0.1) is 0 Å². The van der Waals surface area contributed by atoms with Crippen molar-refractivity contribution >= 4 is 5.78 Å². The van der Waals surface area contributed by atoms with E-state index >= 15 is 0 Å². The smallest absolute Gasteiger partial charge is 0.157 e. The Balaban J connectivity index is 2.53. The fourth-order valence-electron chi connectivity index (χ4n) is 2.01. The molecule has 2 heteroatoms. The third-order valence-corrected chi connectivity index (χ3v) is 2.88. The van der Waals surface area contributed by atoms with Crippen molar-refractivity contribution in [2.45, 2.75) is 31.2 Å². The SMILES string of the molecule is [2H]C([2H])([2H])N[C@@]1(c2ccccc2)CCCC([2H])([2H])C1=O. The molecule has 0 spiro atoms. The molecule has 0 amide bonds. The van der Waals surface area contributed by atoms with Crippen LogP contribution in [0.5, 0.6) is 0 Å². The molecular weight excluding hydrogens is 186 g/mol. The molecule has 2 nitrogen and oxygen atoms in total. The van der Waals surface area contributed by atoms with E-state index in [4.69, 9.17) is 6.85 Å². The first-order valence-electron chi connectivity index (χ1n) is 7.57. The number of benzene rings is 1. The van der Waals surface area contributed by atoms with Crippen LogP contribution in [0.25, 0.3) is 0 Å². The molecule has 80 valence electrons. The molecule has 0 radical (unpaired) electrons. The van der Waals surface area contributed by atoms with E-state index in [0.29, 0.717) is 12.0 Å². The van der Waals surface area contributed by atoms with Crippen LogP contribution < -0.4 is 5.32 Å². The third-order valence-electron chi connectivity index (χ3n) is 2.88. The van der Waals surface area contributed by atoms with Gasteiger partial charge in [0.15, 0.2) is 5.78 Å². The molecule has 0 saturated heterocycles. The maximum atomic E-state index is 12.6. The zero-order valence-corrected chi connectivity index (χ0v) is 8.42. The predicted molar refractivity (Wildman–Crippen MR) is 60.7 cm³/mol. The van der Waals surface area contributed by atoms with E-state index in [1.165, 1.54) is 0 Å². The average molecular weight is 208 g/mol. The maximum absolute atomic E-state index is 12.6. The molecule has 0 bridgehead atoms. The monoisotopic (exact) mass is 208 g/mol. The number of hydrogen-bond acceptors (Lipinski definition) is 2. The predicted octanol–water partition coefficient (Wildman–Crippen LogP) is 2.24. The van der Waals surface area contributed by atoms with Gasteiger partial charge >= 0.3 is 0 Å². The first-order chi connectivity index (χ1) is 9.17. The number of Topliss-reactive ketones (excluding diaryl/α,β-unsaturated/α-hetero) is 1. The number of rotatable bonds is 2. The van der Waals surface area contributed by atoms with Crippen molar-refractivity contribution in [3.8, 4) is 0 Å². The Bertz CT molecular complexity index is 499. The summed E-state index contributed by atoms with van der Waals surface area (Å²) in [5.74, 6) is -0.696. The molecule has 1 saturated carbocycles. The molecule has 0 aromatic heterocycles. The summed E-state index contributed by atoms with van der Waals surface area (Å²) in [5, 5.41) is 2.40. The zero-order valence-electron chi connectivity index (χ0n) is 13.4. The van der Waals surface area contributed by atoms with Crippen molar-refractivity contribution < 1.29 is 11.6 Å². The summed E-state index contributed by atoms with van der Waals surface area (Å²) in [5.41, 5.74) is -0.974. The number of ketones is 1. The van der Waals surface area contributed by atoms with Crippen LogP contribution in [0.3, 0.4) is 0 Å². The highest BCUT2D eigenvalue weighted by Crippen LogP contribution is 2.33. The van der Waals surface area contributed by atoms with Gasteiger partial charge in [-0.05, 0) is 25.4 Å². The van der Waals surface area contributed by atoms with Crippen LogP contribution >= 0.6 is 0 Å². The van der Waals surface area contributed by atoms with Crippen molar-refractivity contribution in [2.24, 2.45) is 0 Å². The lowest BCUT2D eigenvalue weighted by molar-refractivity contribution is -0.127. The largest absolute Gasteiger partial charge is 0.304 e. The molecule has 2 rings (SSSR count).